The molecule has 0 bridgehead atoms. The zero-order valence-electron chi connectivity index (χ0n) is 9.58. The summed E-state index contributed by atoms with van der Waals surface area (Å²) in [6.07, 6.45) is 0. The number of rotatable bonds is 3. The van der Waals surface area contributed by atoms with E-state index >= 15 is 0 Å². The van der Waals surface area contributed by atoms with E-state index < -0.39 is 17.5 Å². The Morgan fingerprint density at radius 2 is 1.53 bits per heavy atom. The lowest BCUT2D eigenvalue weighted by atomic mass is 10.2. The number of nitrogens with two attached hydrogens (primary N) is 1. The number of ether oxygens (including phenoxy) is 1. The topological polar surface area (TPSA) is 59.1 Å². The van der Waals surface area contributed by atoms with Crippen molar-refractivity contribution in [1.29, 1.82) is 5.41 Å². The molecule has 3 N–H and O–H groups in total. The van der Waals surface area contributed by atoms with Gasteiger partial charge < -0.3 is 10.5 Å². The molecule has 0 aliphatic carbocycles. The average molecular weight is 266 g/mol. The largest absolute Gasteiger partial charge is 0.451 e. The Morgan fingerprint density at radius 3 is 2.05 bits per heavy atom. The van der Waals surface area contributed by atoms with Crippen LogP contribution in [0.25, 0.3) is 0 Å². The highest BCUT2D eigenvalue weighted by Gasteiger charge is 2.11. The molecular formula is C13H9F3N2O. The summed E-state index contributed by atoms with van der Waals surface area (Å²) in [5.74, 6) is -3.31. The zero-order valence-corrected chi connectivity index (χ0v) is 9.58. The van der Waals surface area contributed by atoms with Gasteiger partial charge in [-0.15, -0.1) is 0 Å². The van der Waals surface area contributed by atoms with Crippen molar-refractivity contribution in [1.82, 2.24) is 0 Å². The van der Waals surface area contributed by atoms with E-state index in [4.69, 9.17) is 15.9 Å². The Balaban J connectivity index is 2.31. The van der Waals surface area contributed by atoms with Gasteiger partial charge in [-0.05, 0) is 30.3 Å². The number of benzene rings is 2. The fraction of sp³-hybridized carbons (Fsp3) is 0. The van der Waals surface area contributed by atoms with Crippen LogP contribution < -0.4 is 10.5 Å². The molecule has 0 atom stereocenters. The molecule has 0 saturated heterocycles. The van der Waals surface area contributed by atoms with Crippen LogP contribution in [0.1, 0.15) is 5.56 Å². The lowest BCUT2D eigenvalue weighted by Crippen LogP contribution is -2.11. The van der Waals surface area contributed by atoms with E-state index in [1.165, 1.54) is 12.1 Å². The predicted molar refractivity (Wildman–Crippen MR) is 63.8 cm³/mol. The number of halogens is 3. The van der Waals surface area contributed by atoms with Crippen molar-refractivity contribution in [3.63, 3.8) is 0 Å². The van der Waals surface area contributed by atoms with Crippen LogP contribution in [0.4, 0.5) is 13.2 Å². The second-order valence-corrected chi connectivity index (χ2v) is 3.74. The van der Waals surface area contributed by atoms with Crippen molar-refractivity contribution < 1.29 is 17.9 Å². The number of nitrogens with one attached hydrogen (secondary N) is 1. The first kappa shape index (κ1) is 12.9. The Morgan fingerprint density at radius 1 is 0.947 bits per heavy atom. The first-order valence-corrected chi connectivity index (χ1v) is 5.24. The monoisotopic (exact) mass is 266 g/mol. The summed E-state index contributed by atoms with van der Waals surface area (Å²) < 4.78 is 44.7. The van der Waals surface area contributed by atoms with Gasteiger partial charge in [0, 0.05) is 11.6 Å². The molecule has 0 saturated carbocycles. The fourth-order valence-electron chi connectivity index (χ4n) is 1.43. The summed E-state index contributed by atoms with van der Waals surface area (Å²) in [5, 5.41) is 7.15. The van der Waals surface area contributed by atoms with E-state index in [0.717, 1.165) is 18.2 Å². The second kappa shape index (κ2) is 5.01. The van der Waals surface area contributed by atoms with Crippen molar-refractivity contribution in [3.8, 4) is 11.5 Å². The van der Waals surface area contributed by atoms with Crippen molar-refractivity contribution in [3.05, 3.63) is 59.4 Å². The van der Waals surface area contributed by atoms with E-state index in [1.807, 2.05) is 0 Å². The smallest absolute Gasteiger partial charge is 0.168 e. The number of amidine groups is 1. The third-order valence-electron chi connectivity index (χ3n) is 2.36. The van der Waals surface area contributed by atoms with Gasteiger partial charge in [-0.3, -0.25) is 5.41 Å². The highest BCUT2D eigenvalue weighted by atomic mass is 19.1. The maximum Gasteiger partial charge on any atom is 0.168 e. The van der Waals surface area contributed by atoms with E-state index in [2.05, 4.69) is 0 Å². The first-order chi connectivity index (χ1) is 8.97. The van der Waals surface area contributed by atoms with Crippen LogP contribution in [0.3, 0.4) is 0 Å². The number of hydrogen-bond donors (Lipinski definition) is 2. The van der Waals surface area contributed by atoms with E-state index in [9.17, 15) is 13.2 Å². The molecule has 0 spiro atoms. The minimum absolute atomic E-state index is 0.185. The van der Waals surface area contributed by atoms with Gasteiger partial charge in [0.1, 0.15) is 11.7 Å². The summed E-state index contributed by atoms with van der Waals surface area (Å²) >= 11 is 0. The molecule has 6 heteroatoms. The van der Waals surface area contributed by atoms with Crippen LogP contribution in [-0.2, 0) is 0 Å². The summed E-state index contributed by atoms with van der Waals surface area (Å²) in [5.41, 5.74) is 5.38. The van der Waals surface area contributed by atoms with Gasteiger partial charge in [0.15, 0.2) is 23.1 Å². The van der Waals surface area contributed by atoms with Crippen LogP contribution in [0.15, 0.2) is 36.4 Å². The van der Waals surface area contributed by atoms with E-state index in [0.29, 0.717) is 6.07 Å². The molecule has 0 fully saturated rings. The zero-order chi connectivity index (χ0) is 14.0. The normalized spacial score (nSPS) is 10.3. The summed E-state index contributed by atoms with van der Waals surface area (Å²) in [7, 11) is 0. The Bertz CT molecular complexity index is 644. The third kappa shape index (κ3) is 2.85. The molecule has 0 unspecified atom stereocenters. The molecule has 0 radical (unpaired) electrons. The third-order valence-corrected chi connectivity index (χ3v) is 2.36. The van der Waals surface area contributed by atoms with Crippen molar-refractivity contribution in [2.75, 3.05) is 0 Å². The fourth-order valence-corrected chi connectivity index (χ4v) is 1.43. The van der Waals surface area contributed by atoms with Crippen LogP contribution >= 0.6 is 0 Å². The van der Waals surface area contributed by atoms with Crippen LogP contribution in [-0.4, -0.2) is 5.84 Å². The Labute approximate surface area is 106 Å². The van der Waals surface area contributed by atoms with Gasteiger partial charge in [0.05, 0.1) is 0 Å². The maximum absolute atomic E-state index is 13.6. The minimum Gasteiger partial charge on any atom is -0.451 e. The van der Waals surface area contributed by atoms with Crippen LogP contribution in [0.5, 0.6) is 11.5 Å². The molecule has 19 heavy (non-hydrogen) atoms. The van der Waals surface area contributed by atoms with E-state index in [1.54, 1.807) is 0 Å². The summed E-state index contributed by atoms with van der Waals surface area (Å²) in [6, 6.07) is 6.27. The number of hydrogen-bond acceptors (Lipinski definition) is 2. The van der Waals surface area contributed by atoms with Crippen LogP contribution in [0.2, 0.25) is 0 Å². The molecular weight excluding hydrogens is 257 g/mol. The van der Waals surface area contributed by atoms with Gasteiger partial charge >= 0.3 is 0 Å². The van der Waals surface area contributed by atoms with Crippen molar-refractivity contribution >= 4 is 5.84 Å². The van der Waals surface area contributed by atoms with Crippen molar-refractivity contribution in [2.24, 2.45) is 5.73 Å². The second-order valence-electron chi connectivity index (χ2n) is 3.74. The van der Waals surface area contributed by atoms with Gasteiger partial charge in [0.2, 0.25) is 0 Å². The molecule has 98 valence electrons. The molecule has 0 heterocycles. The summed E-state index contributed by atoms with van der Waals surface area (Å²) in [6.45, 7) is 0. The standard InChI is InChI=1S/C13H9F3N2O/c14-8-2-4-12(10(16)6-8)19-11-3-1-7(13(17)18)5-9(11)15/h1-6H,(H3,17,18). The molecule has 3 nitrogen and oxygen atoms in total. The lowest BCUT2D eigenvalue weighted by Gasteiger charge is -2.08. The molecule has 0 aliphatic rings. The highest BCUT2D eigenvalue weighted by molar-refractivity contribution is 5.95. The molecule has 0 aromatic heterocycles. The van der Waals surface area contributed by atoms with Gasteiger partial charge in [-0.2, -0.15) is 0 Å². The Kier molecular flexibility index (Phi) is 3.41. The highest BCUT2D eigenvalue weighted by Crippen LogP contribution is 2.27. The van der Waals surface area contributed by atoms with Crippen molar-refractivity contribution in [2.45, 2.75) is 0 Å². The molecule has 0 amide bonds. The predicted octanol–water partition coefficient (Wildman–Crippen LogP) is 3.18. The molecule has 0 aliphatic heterocycles. The number of nitrogen functional groups attached to an aromatic ring is 1. The average Bonchev–Trinajstić information content (AvgIpc) is 2.34. The van der Waals surface area contributed by atoms with Gasteiger partial charge in [-0.1, -0.05) is 0 Å². The maximum atomic E-state index is 13.6. The van der Waals surface area contributed by atoms with E-state index in [-0.39, 0.29) is 22.9 Å². The molecule has 2 aromatic carbocycles. The van der Waals surface area contributed by atoms with Crippen LogP contribution in [0, 0.1) is 22.9 Å². The SMILES string of the molecule is N=C(N)c1ccc(Oc2ccc(F)cc2F)c(F)c1. The molecule has 2 rings (SSSR count). The lowest BCUT2D eigenvalue weighted by molar-refractivity contribution is 0.412. The summed E-state index contributed by atoms with van der Waals surface area (Å²) in [4.78, 5) is 0. The quantitative estimate of drug-likeness (QED) is 0.662. The minimum atomic E-state index is -0.935. The molecule has 2 aromatic rings. The van der Waals surface area contributed by atoms with Gasteiger partial charge in [-0.25, -0.2) is 13.2 Å². The first-order valence-electron chi connectivity index (χ1n) is 5.24. The Hall–Kier alpha value is -2.50. The van der Waals surface area contributed by atoms with Gasteiger partial charge in [0.25, 0.3) is 0 Å².